The highest BCUT2D eigenvalue weighted by molar-refractivity contribution is 6.01. The molecule has 6 nitrogen and oxygen atoms in total. The van der Waals surface area contributed by atoms with Gasteiger partial charge in [0, 0.05) is 0 Å². The Labute approximate surface area is 171 Å². The molecule has 6 heteroatoms. The summed E-state index contributed by atoms with van der Waals surface area (Å²) in [5.74, 6) is -3.05. The summed E-state index contributed by atoms with van der Waals surface area (Å²) < 4.78 is 10.8. The van der Waals surface area contributed by atoms with Crippen LogP contribution in [-0.4, -0.2) is 22.2 Å². The van der Waals surface area contributed by atoms with E-state index in [1.807, 2.05) is 18.2 Å². The van der Waals surface area contributed by atoms with Crippen molar-refractivity contribution in [1.82, 2.24) is 0 Å². The molecule has 4 atom stereocenters. The second-order valence-corrected chi connectivity index (χ2v) is 7.90. The van der Waals surface area contributed by atoms with Crippen molar-refractivity contribution in [1.29, 1.82) is 0 Å². The van der Waals surface area contributed by atoms with Crippen molar-refractivity contribution in [3.05, 3.63) is 95.1 Å². The van der Waals surface area contributed by atoms with Crippen molar-refractivity contribution < 1.29 is 29.3 Å². The normalized spacial score (nSPS) is 30.3. The maximum atomic E-state index is 12.6. The first-order valence-corrected chi connectivity index (χ1v) is 9.64. The molecule has 1 fully saturated rings. The van der Waals surface area contributed by atoms with Gasteiger partial charge in [0.25, 0.3) is 0 Å². The Bertz CT molecular complexity index is 1240. The Morgan fingerprint density at radius 3 is 1.83 bits per heavy atom. The minimum absolute atomic E-state index is 0.338. The number of para-hydroxylation sites is 1. The molecule has 3 aromatic rings. The lowest BCUT2D eigenvalue weighted by atomic mass is 9.50. The van der Waals surface area contributed by atoms with Crippen LogP contribution >= 0.6 is 0 Å². The SMILES string of the molecule is O=C1OC(=O)C2C1C1(O)c3ccccc3C2(O)c2cc(Oc3ccccc3)ccc21. The van der Waals surface area contributed by atoms with Crippen molar-refractivity contribution in [3.63, 3.8) is 0 Å². The zero-order valence-electron chi connectivity index (χ0n) is 15.6. The van der Waals surface area contributed by atoms with E-state index in [1.165, 1.54) is 0 Å². The summed E-state index contributed by atoms with van der Waals surface area (Å²) in [6.45, 7) is 0. The number of hydrogen-bond acceptors (Lipinski definition) is 6. The third kappa shape index (κ3) is 1.90. The van der Waals surface area contributed by atoms with Crippen LogP contribution in [-0.2, 0) is 25.5 Å². The van der Waals surface area contributed by atoms with Crippen LogP contribution in [0.3, 0.4) is 0 Å². The minimum Gasteiger partial charge on any atom is -0.457 e. The van der Waals surface area contributed by atoms with Crippen LogP contribution in [0.2, 0.25) is 0 Å². The molecule has 0 saturated carbocycles. The van der Waals surface area contributed by atoms with E-state index in [9.17, 15) is 19.8 Å². The largest absolute Gasteiger partial charge is 0.457 e. The van der Waals surface area contributed by atoms with E-state index < -0.39 is 35.0 Å². The molecule has 7 rings (SSSR count). The summed E-state index contributed by atoms with van der Waals surface area (Å²) >= 11 is 0. The van der Waals surface area contributed by atoms with Crippen molar-refractivity contribution in [2.45, 2.75) is 11.2 Å². The number of rotatable bonds is 2. The summed E-state index contributed by atoms with van der Waals surface area (Å²) in [4.78, 5) is 25.2. The molecule has 1 heterocycles. The predicted octanol–water partition coefficient (Wildman–Crippen LogP) is 2.59. The second-order valence-electron chi connectivity index (χ2n) is 7.90. The molecule has 148 valence electrons. The second kappa shape index (κ2) is 5.56. The number of esters is 2. The molecule has 0 amide bonds. The highest BCUT2D eigenvalue weighted by atomic mass is 16.6. The zero-order chi connectivity index (χ0) is 20.7. The summed E-state index contributed by atoms with van der Waals surface area (Å²) in [6, 6.07) is 20.9. The highest BCUT2D eigenvalue weighted by Crippen LogP contribution is 2.64. The average Bonchev–Trinajstić information content (AvgIpc) is 3.07. The van der Waals surface area contributed by atoms with Gasteiger partial charge in [-0.2, -0.15) is 0 Å². The fourth-order valence-electron chi connectivity index (χ4n) is 5.29. The lowest BCUT2D eigenvalue weighted by Gasteiger charge is -2.54. The molecule has 0 radical (unpaired) electrons. The van der Waals surface area contributed by atoms with E-state index in [2.05, 4.69) is 0 Å². The van der Waals surface area contributed by atoms with Crippen LogP contribution in [0.25, 0.3) is 0 Å². The summed E-state index contributed by atoms with van der Waals surface area (Å²) in [6.07, 6.45) is 0. The van der Waals surface area contributed by atoms with Crippen LogP contribution < -0.4 is 4.74 Å². The van der Waals surface area contributed by atoms with Crippen LogP contribution in [0.4, 0.5) is 0 Å². The minimum atomic E-state index is -1.82. The first-order valence-electron chi connectivity index (χ1n) is 9.64. The third-order valence-electron chi connectivity index (χ3n) is 6.48. The number of cyclic esters (lactones) is 2. The molecule has 30 heavy (non-hydrogen) atoms. The number of hydrogen-bond donors (Lipinski definition) is 2. The van der Waals surface area contributed by atoms with E-state index in [1.54, 1.807) is 54.6 Å². The molecule has 2 bridgehead atoms. The maximum Gasteiger partial charge on any atom is 0.321 e. The van der Waals surface area contributed by atoms with Crippen molar-refractivity contribution in [3.8, 4) is 11.5 Å². The molecule has 1 saturated heterocycles. The first-order chi connectivity index (χ1) is 14.5. The van der Waals surface area contributed by atoms with Gasteiger partial charge in [-0.25, -0.2) is 0 Å². The zero-order valence-corrected chi connectivity index (χ0v) is 15.6. The Morgan fingerprint density at radius 2 is 1.20 bits per heavy atom. The van der Waals surface area contributed by atoms with Gasteiger partial charge in [0.2, 0.25) is 0 Å². The molecule has 3 aromatic carbocycles. The van der Waals surface area contributed by atoms with Gasteiger partial charge in [-0.15, -0.1) is 0 Å². The van der Waals surface area contributed by atoms with Gasteiger partial charge in [-0.05, 0) is 46.5 Å². The number of carbonyl (C=O) groups excluding carboxylic acids is 2. The molecule has 1 aliphatic heterocycles. The summed E-state index contributed by atoms with van der Waals surface area (Å²) in [5, 5.41) is 23.8. The third-order valence-corrected chi connectivity index (χ3v) is 6.48. The number of ether oxygens (including phenoxy) is 2. The standard InChI is InChI=1S/C24H16O6/c25-21-19-20(22(26)30-21)24(28)16-9-5-4-8-15(16)23(19,27)17-11-10-14(12-18(17)24)29-13-6-2-1-3-7-13/h1-12,19-20,27-28H. The lowest BCUT2D eigenvalue weighted by Crippen LogP contribution is -2.61. The molecule has 2 N–H and O–H groups in total. The van der Waals surface area contributed by atoms with E-state index >= 15 is 0 Å². The van der Waals surface area contributed by atoms with Gasteiger partial charge in [0.1, 0.15) is 34.5 Å². The first kappa shape index (κ1) is 17.4. The number of benzene rings is 3. The average molecular weight is 400 g/mol. The van der Waals surface area contributed by atoms with Crippen molar-refractivity contribution in [2.75, 3.05) is 0 Å². The Hall–Kier alpha value is -3.48. The molecular formula is C24H16O6. The lowest BCUT2D eigenvalue weighted by molar-refractivity contribution is -0.155. The quantitative estimate of drug-likeness (QED) is 0.507. The van der Waals surface area contributed by atoms with Gasteiger partial charge in [-0.1, -0.05) is 48.5 Å². The maximum absolute atomic E-state index is 12.6. The van der Waals surface area contributed by atoms with Crippen LogP contribution in [0, 0.1) is 11.8 Å². The summed E-state index contributed by atoms with van der Waals surface area (Å²) in [7, 11) is 0. The van der Waals surface area contributed by atoms with Gasteiger partial charge >= 0.3 is 11.9 Å². The fraction of sp³-hybridized carbons (Fsp3) is 0.167. The summed E-state index contributed by atoms with van der Waals surface area (Å²) in [5.41, 5.74) is -2.09. The molecule has 0 spiro atoms. The Balaban J connectivity index is 1.61. The molecule has 3 aliphatic carbocycles. The van der Waals surface area contributed by atoms with Crippen LogP contribution in [0.5, 0.6) is 11.5 Å². The van der Waals surface area contributed by atoms with Gasteiger partial charge < -0.3 is 19.7 Å². The predicted molar refractivity (Wildman–Crippen MR) is 103 cm³/mol. The monoisotopic (exact) mass is 400 g/mol. The topological polar surface area (TPSA) is 93.1 Å². The van der Waals surface area contributed by atoms with Crippen LogP contribution in [0.15, 0.2) is 72.8 Å². The molecule has 0 aromatic heterocycles. The van der Waals surface area contributed by atoms with E-state index in [0.29, 0.717) is 33.8 Å². The molecular weight excluding hydrogens is 384 g/mol. The van der Waals surface area contributed by atoms with Crippen molar-refractivity contribution in [2.24, 2.45) is 11.8 Å². The highest BCUT2D eigenvalue weighted by Gasteiger charge is 2.73. The van der Waals surface area contributed by atoms with Crippen molar-refractivity contribution >= 4 is 11.9 Å². The van der Waals surface area contributed by atoms with E-state index in [-0.39, 0.29) is 0 Å². The van der Waals surface area contributed by atoms with Gasteiger partial charge in [0.05, 0.1) is 0 Å². The van der Waals surface area contributed by atoms with E-state index in [4.69, 9.17) is 9.47 Å². The Kier molecular flexibility index (Phi) is 3.22. The van der Waals surface area contributed by atoms with E-state index in [0.717, 1.165) is 0 Å². The smallest absolute Gasteiger partial charge is 0.321 e. The molecule has 4 unspecified atom stereocenters. The van der Waals surface area contributed by atoms with Gasteiger partial charge in [0.15, 0.2) is 0 Å². The molecule has 4 aliphatic rings. The van der Waals surface area contributed by atoms with Crippen LogP contribution in [0.1, 0.15) is 22.3 Å². The Morgan fingerprint density at radius 1 is 0.667 bits per heavy atom. The van der Waals surface area contributed by atoms with Gasteiger partial charge in [-0.3, -0.25) is 9.59 Å². The fourth-order valence-corrected chi connectivity index (χ4v) is 5.29. The number of aliphatic hydroxyl groups is 2. The number of carbonyl (C=O) groups is 2.